The van der Waals surface area contributed by atoms with Gasteiger partial charge in [-0.1, -0.05) is 23.4 Å². The highest BCUT2D eigenvalue weighted by Crippen LogP contribution is 2.40. The topological polar surface area (TPSA) is 90.2 Å². The number of rotatable bonds is 5. The van der Waals surface area contributed by atoms with E-state index in [0.717, 1.165) is 44.7 Å². The SMILES string of the molecule is Cc1nc(COc2ccccc2C2CCN([C@@H]3COC4(C3)CN(C(=O)OC(C)(C)C)C4)CC2)no1. The minimum Gasteiger partial charge on any atom is -0.485 e. The molecule has 190 valence electrons. The average molecular weight is 485 g/mol. The Morgan fingerprint density at radius 1 is 1.20 bits per heavy atom. The number of para-hydroxylation sites is 1. The zero-order valence-electron chi connectivity index (χ0n) is 21.2. The quantitative estimate of drug-likeness (QED) is 0.631. The molecule has 9 heteroatoms. The van der Waals surface area contributed by atoms with E-state index in [1.807, 2.05) is 32.9 Å². The number of piperidine rings is 1. The third kappa shape index (κ3) is 5.46. The second-order valence-electron chi connectivity index (χ2n) is 11.1. The van der Waals surface area contributed by atoms with Gasteiger partial charge in [0, 0.05) is 13.0 Å². The minimum absolute atomic E-state index is 0.202. The largest absolute Gasteiger partial charge is 0.485 e. The molecular formula is C26H36N4O5. The highest BCUT2D eigenvalue weighted by molar-refractivity contribution is 5.69. The van der Waals surface area contributed by atoms with Gasteiger partial charge in [-0.3, -0.25) is 4.90 Å². The fourth-order valence-electron chi connectivity index (χ4n) is 5.45. The van der Waals surface area contributed by atoms with E-state index in [2.05, 4.69) is 27.2 Å². The summed E-state index contributed by atoms with van der Waals surface area (Å²) < 4.78 is 22.8. The van der Waals surface area contributed by atoms with E-state index in [1.54, 1.807) is 11.8 Å². The molecule has 1 amide bonds. The number of amides is 1. The van der Waals surface area contributed by atoms with Gasteiger partial charge in [0.1, 0.15) is 17.0 Å². The van der Waals surface area contributed by atoms with Gasteiger partial charge < -0.3 is 23.6 Å². The number of nitrogens with zero attached hydrogens (tertiary/aromatic N) is 4. The fourth-order valence-corrected chi connectivity index (χ4v) is 5.45. The first-order valence-corrected chi connectivity index (χ1v) is 12.6. The lowest BCUT2D eigenvalue weighted by Crippen LogP contribution is -2.64. The Balaban J connectivity index is 1.11. The van der Waals surface area contributed by atoms with Crippen molar-refractivity contribution in [3.8, 4) is 5.75 Å². The van der Waals surface area contributed by atoms with Crippen LogP contribution in [0.4, 0.5) is 4.79 Å². The molecule has 3 aliphatic rings. The first-order valence-electron chi connectivity index (χ1n) is 12.6. The number of likely N-dealkylation sites (tertiary alicyclic amines) is 2. The summed E-state index contributed by atoms with van der Waals surface area (Å²) in [6, 6.07) is 8.68. The minimum atomic E-state index is -0.473. The van der Waals surface area contributed by atoms with Gasteiger partial charge in [0.05, 0.1) is 19.7 Å². The van der Waals surface area contributed by atoms with Gasteiger partial charge in [0.2, 0.25) is 11.7 Å². The van der Waals surface area contributed by atoms with Crippen LogP contribution >= 0.6 is 0 Å². The smallest absolute Gasteiger partial charge is 0.410 e. The second kappa shape index (κ2) is 9.43. The molecule has 3 fully saturated rings. The third-order valence-corrected chi connectivity index (χ3v) is 7.13. The molecular weight excluding hydrogens is 448 g/mol. The molecule has 0 N–H and O–H groups in total. The molecule has 5 rings (SSSR count). The van der Waals surface area contributed by atoms with Gasteiger partial charge in [-0.15, -0.1) is 0 Å². The van der Waals surface area contributed by atoms with Gasteiger partial charge in [0.15, 0.2) is 6.61 Å². The Morgan fingerprint density at radius 3 is 2.63 bits per heavy atom. The highest BCUT2D eigenvalue weighted by Gasteiger charge is 2.53. The van der Waals surface area contributed by atoms with E-state index in [9.17, 15) is 4.79 Å². The zero-order chi connectivity index (χ0) is 24.6. The number of hydrogen-bond donors (Lipinski definition) is 0. The number of aromatic nitrogens is 2. The van der Waals surface area contributed by atoms with Crippen molar-refractivity contribution in [2.24, 2.45) is 0 Å². The van der Waals surface area contributed by atoms with Crippen molar-refractivity contribution in [1.29, 1.82) is 0 Å². The van der Waals surface area contributed by atoms with Crippen LogP contribution in [-0.2, 0) is 16.1 Å². The van der Waals surface area contributed by atoms with Crippen molar-refractivity contribution in [1.82, 2.24) is 19.9 Å². The lowest BCUT2D eigenvalue weighted by atomic mass is 9.86. The summed E-state index contributed by atoms with van der Waals surface area (Å²) >= 11 is 0. The van der Waals surface area contributed by atoms with Crippen molar-refractivity contribution in [3.05, 3.63) is 41.5 Å². The first kappa shape index (κ1) is 24.1. The molecule has 1 aromatic carbocycles. The van der Waals surface area contributed by atoms with Crippen LogP contribution in [0.25, 0.3) is 0 Å². The van der Waals surface area contributed by atoms with E-state index >= 15 is 0 Å². The Bertz CT molecular complexity index is 1030. The molecule has 4 heterocycles. The van der Waals surface area contributed by atoms with Gasteiger partial charge in [-0.05, 0) is 70.7 Å². The van der Waals surface area contributed by atoms with Crippen LogP contribution in [0.1, 0.15) is 63.2 Å². The Labute approximate surface area is 206 Å². The predicted octanol–water partition coefficient (Wildman–Crippen LogP) is 3.91. The molecule has 0 unspecified atom stereocenters. The standard InChI is InChI=1S/C26H36N4O5/c1-18-27-23(28-35-18)15-32-22-8-6-5-7-21(22)19-9-11-29(12-10-19)20-13-26(33-14-20)16-30(17-26)24(31)34-25(2,3)4/h5-8,19-20H,9-17H2,1-4H3/t20-/m0/s1. The maximum Gasteiger partial charge on any atom is 0.410 e. The van der Waals surface area contributed by atoms with E-state index in [-0.39, 0.29) is 11.7 Å². The lowest BCUT2D eigenvalue weighted by molar-refractivity contribution is -0.109. The summed E-state index contributed by atoms with van der Waals surface area (Å²) in [7, 11) is 0. The van der Waals surface area contributed by atoms with Crippen LogP contribution in [0.5, 0.6) is 5.75 Å². The molecule has 1 spiro atoms. The van der Waals surface area contributed by atoms with Gasteiger partial charge in [0.25, 0.3) is 0 Å². The number of aryl methyl sites for hydroxylation is 1. The second-order valence-corrected chi connectivity index (χ2v) is 11.1. The molecule has 0 saturated carbocycles. The summed E-state index contributed by atoms with van der Waals surface area (Å²) in [5, 5.41) is 3.92. The summed E-state index contributed by atoms with van der Waals surface area (Å²) in [6.45, 7) is 11.8. The van der Waals surface area contributed by atoms with Gasteiger partial charge >= 0.3 is 6.09 Å². The molecule has 3 aliphatic heterocycles. The van der Waals surface area contributed by atoms with E-state index < -0.39 is 5.60 Å². The van der Waals surface area contributed by atoms with Crippen LogP contribution in [0.15, 0.2) is 28.8 Å². The van der Waals surface area contributed by atoms with Crippen molar-refractivity contribution >= 4 is 6.09 Å². The summed E-state index contributed by atoms with van der Waals surface area (Å²) in [4.78, 5) is 20.9. The number of hydrogen-bond acceptors (Lipinski definition) is 8. The van der Waals surface area contributed by atoms with Crippen LogP contribution in [0, 0.1) is 6.92 Å². The van der Waals surface area contributed by atoms with E-state index in [4.69, 9.17) is 18.7 Å². The number of carbonyl (C=O) groups is 1. The van der Waals surface area contributed by atoms with Crippen LogP contribution in [0.2, 0.25) is 0 Å². The van der Waals surface area contributed by atoms with Crippen molar-refractivity contribution in [3.63, 3.8) is 0 Å². The monoisotopic (exact) mass is 484 g/mol. The van der Waals surface area contributed by atoms with E-state index in [1.165, 1.54) is 5.56 Å². The van der Waals surface area contributed by atoms with Crippen molar-refractivity contribution in [2.75, 3.05) is 32.8 Å². The lowest BCUT2D eigenvalue weighted by Gasteiger charge is -2.47. The average Bonchev–Trinajstić information content (AvgIpc) is 3.43. The summed E-state index contributed by atoms with van der Waals surface area (Å²) in [6.07, 6.45) is 2.89. The summed E-state index contributed by atoms with van der Waals surface area (Å²) in [5.74, 6) is 2.45. The maximum absolute atomic E-state index is 12.3. The van der Waals surface area contributed by atoms with Crippen LogP contribution < -0.4 is 4.74 Å². The van der Waals surface area contributed by atoms with E-state index in [0.29, 0.717) is 43.4 Å². The fraction of sp³-hybridized carbons (Fsp3) is 0.654. The van der Waals surface area contributed by atoms with Crippen molar-refractivity contribution in [2.45, 2.75) is 76.7 Å². The predicted molar refractivity (Wildman–Crippen MR) is 128 cm³/mol. The van der Waals surface area contributed by atoms with Gasteiger partial charge in [-0.2, -0.15) is 4.98 Å². The third-order valence-electron chi connectivity index (χ3n) is 7.13. The normalized spacial score (nSPS) is 22.9. The summed E-state index contributed by atoms with van der Waals surface area (Å²) in [5.41, 5.74) is 0.573. The van der Waals surface area contributed by atoms with Crippen molar-refractivity contribution < 1.29 is 23.5 Å². The number of carbonyl (C=O) groups excluding carboxylic acids is 1. The zero-order valence-corrected chi connectivity index (χ0v) is 21.2. The highest BCUT2D eigenvalue weighted by atomic mass is 16.6. The first-order chi connectivity index (χ1) is 16.7. The Kier molecular flexibility index (Phi) is 6.48. The molecule has 1 aromatic heterocycles. The molecule has 0 bridgehead atoms. The molecule has 0 radical (unpaired) electrons. The molecule has 0 aliphatic carbocycles. The van der Waals surface area contributed by atoms with Crippen LogP contribution in [0.3, 0.4) is 0 Å². The Morgan fingerprint density at radius 2 is 1.94 bits per heavy atom. The number of ether oxygens (including phenoxy) is 3. The molecule has 1 atom stereocenters. The maximum atomic E-state index is 12.3. The molecule has 3 saturated heterocycles. The van der Waals surface area contributed by atoms with Gasteiger partial charge in [-0.25, -0.2) is 4.79 Å². The molecule has 2 aromatic rings. The molecule has 35 heavy (non-hydrogen) atoms. The molecule has 9 nitrogen and oxygen atoms in total. The Hall–Kier alpha value is -2.65. The number of benzene rings is 1. The van der Waals surface area contributed by atoms with Crippen LogP contribution in [-0.4, -0.2) is 76.1 Å².